The molecule has 2 aromatic heterocycles. The number of benzene rings is 1. The Labute approximate surface area is 146 Å². The minimum absolute atomic E-state index is 0.0130. The van der Waals surface area contributed by atoms with Crippen molar-refractivity contribution in [2.75, 3.05) is 0 Å². The van der Waals surface area contributed by atoms with Crippen LogP contribution in [0, 0.1) is 0 Å². The van der Waals surface area contributed by atoms with Crippen molar-refractivity contribution in [1.82, 2.24) is 14.9 Å². The van der Waals surface area contributed by atoms with Crippen LogP contribution in [0.15, 0.2) is 59.5 Å². The highest BCUT2D eigenvalue weighted by Crippen LogP contribution is 2.13. The SMILES string of the molecule is CC[C@H](C)NC(=O)c1cc2cccnc2n(Cc2ccccc2)c1=O. The third kappa shape index (κ3) is 3.60. The van der Waals surface area contributed by atoms with Gasteiger partial charge in [-0.3, -0.25) is 14.2 Å². The Kier molecular flexibility index (Phi) is 4.93. The summed E-state index contributed by atoms with van der Waals surface area (Å²) < 4.78 is 1.57. The minimum Gasteiger partial charge on any atom is -0.349 e. The maximum atomic E-state index is 13.0. The monoisotopic (exact) mass is 335 g/mol. The van der Waals surface area contributed by atoms with E-state index in [4.69, 9.17) is 0 Å². The summed E-state index contributed by atoms with van der Waals surface area (Å²) in [6.07, 6.45) is 2.46. The van der Waals surface area contributed by atoms with Crippen LogP contribution in [0.5, 0.6) is 0 Å². The molecule has 1 N–H and O–H groups in total. The molecule has 0 unspecified atom stereocenters. The first-order valence-electron chi connectivity index (χ1n) is 8.43. The summed E-state index contributed by atoms with van der Waals surface area (Å²) in [4.78, 5) is 29.8. The van der Waals surface area contributed by atoms with Gasteiger partial charge in [0.2, 0.25) is 0 Å². The number of fused-ring (bicyclic) bond motifs is 1. The molecule has 0 fully saturated rings. The zero-order valence-corrected chi connectivity index (χ0v) is 14.4. The molecule has 1 aromatic carbocycles. The molecule has 0 aliphatic carbocycles. The van der Waals surface area contributed by atoms with Gasteiger partial charge in [0.15, 0.2) is 0 Å². The lowest BCUT2D eigenvalue weighted by atomic mass is 10.1. The number of carbonyl (C=O) groups excluding carboxylic acids is 1. The predicted molar refractivity (Wildman–Crippen MR) is 98.8 cm³/mol. The number of pyridine rings is 2. The summed E-state index contributed by atoms with van der Waals surface area (Å²) in [5.41, 5.74) is 1.39. The topological polar surface area (TPSA) is 64.0 Å². The van der Waals surface area contributed by atoms with E-state index in [0.717, 1.165) is 17.4 Å². The van der Waals surface area contributed by atoms with E-state index in [-0.39, 0.29) is 23.1 Å². The second-order valence-electron chi connectivity index (χ2n) is 6.13. The number of hydrogen-bond donors (Lipinski definition) is 1. The Morgan fingerprint density at radius 1 is 1.20 bits per heavy atom. The first-order chi connectivity index (χ1) is 12.1. The van der Waals surface area contributed by atoms with Crippen LogP contribution in [0.3, 0.4) is 0 Å². The van der Waals surface area contributed by atoms with E-state index in [1.807, 2.05) is 50.2 Å². The molecule has 3 rings (SSSR count). The van der Waals surface area contributed by atoms with Gasteiger partial charge in [-0.15, -0.1) is 0 Å². The summed E-state index contributed by atoms with van der Waals surface area (Å²) in [5, 5.41) is 3.64. The van der Waals surface area contributed by atoms with E-state index in [1.54, 1.807) is 22.9 Å². The fourth-order valence-corrected chi connectivity index (χ4v) is 2.69. The molecule has 0 radical (unpaired) electrons. The van der Waals surface area contributed by atoms with Crippen LogP contribution in [0.1, 0.15) is 36.2 Å². The van der Waals surface area contributed by atoms with Gasteiger partial charge in [0.05, 0.1) is 6.54 Å². The Morgan fingerprint density at radius 2 is 1.96 bits per heavy atom. The van der Waals surface area contributed by atoms with Gasteiger partial charge in [0, 0.05) is 17.6 Å². The first-order valence-corrected chi connectivity index (χ1v) is 8.43. The van der Waals surface area contributed by atoms with Crippen molar-refractivity contribution in [3.63, 3.8) is 0 Å². The van der Waals surface area contributed by atoms with Crippen LogP contribution < -0.4 is 10.9 Å². The van der Waals surface area contributed by atoms with Crippen LogP contribution in [-0.4, -0.2) is 21.5 Å². The number of hydrogen-bond acceptors (Lipinski definition) is 3. The van der Waals surface area contributed by atoms with Gasteiger partial charge >= 0.3 is 0 Å². The largest absolute Gasteiger partial charge is 0.349 e. The van der Waals surface area contributed by atoms with Crippen molar-refractivity contribution in [3.8, 4) is 0 Å². The van der Waals surface area contributed by atoms with Gasteiger partial charge in [-0.25, -0.2) is 4.98 Å². The molecule has 1 amide bonds. The van der Waals surface area contributed by atoms with Gasteiger partial charge in [0.1, 0.15) is 11.2 Å². The third-order valence-corrected chi connectivity index (χ3v) is 4.27. The minimum atomic E-state index is -0.341. The van der Waals surface area contributed by atoms with Crippen LogP contribution >= 0.6 is 0 Å². The molecular formula is C20H21N3O2. The molecule has 0 aliphatic heterocycles. The predicted octanol–water partition coefficient (Wildman–Crippen LogP) is 2.97. The molecule has 2 heterocycles. The summed E-state index contributed by atoms with van der Waals surface area (Å²) in [5.74, 6) is -0.341. The first kappa shape index (κ1) is 16.9. The normalized spacial score (nSPS) is 12.1. The maximum Gasteiger partial charge on any atom is 0.265 e. The maximum absolute atomic E-state index is 13.0. The standard InChI is InChI=1S/C20H21N3O2/c1-3-14(2)22-19(24)17-12-16-10-7-11-21-18(16)23(20(17)25)13-15-8-5-4-6-9-15/h4-12,14H,3,13H2,1-2H3,(H,22,24)/t14-/m0/s1. The molecule has 0 aliphatic rings. The van der Waals surface area contributed by atoms with Gasteiger partial charge in [-0.1, -0.05) is 37.3 Å². The lowest BCUT2D eigenvalue weighted by molar-refractivity contribution is 0.0937. The molecule has 0 saturated carbocycles. The number of nitrogens with one attached hydrogen (secondary N) is 1. The number of carbonyl (C=O) groups is 1. The highest BCUT2D eigenvalue weighted by atomic mass is 16.2. The van der Waals surface area contributed by atoms with E-state index in [2.05, 4.69) is 10.3 Å². The van der Waals surface area contributed by atoms with Crippen LogP contribution in [0.2, 0.25) is 0 Å². The van der Waals surface area contributed by atoms with Crippen molar-refractivity contribution in [2.24, 2.45) is 0 Å². The Morgan fingerprint density at radius 3 is 2.68 bits per heavy atom. The van der Waals surface area contributed by atoms with E-state index in [9.17, 15) is 9.59 Å². The van der Waals surface area contributed by atoms with Gasteiger partial charge in [-0.2, -0.15) is 0 Å². The summed E-state index contributed by atoms with van der Waals surface area (Å²) in [7, 11) is 0. The van der Waals surface area contributed by atoms with Crippen LogP contribution in [-0.2, 0) is 6.54 Å². The molecule has 128 valence electrons. The summed E-state index contributed by atoms with van der Waals surface area (Å²) >= 11 is 0. The van der Waals surface area contributed by atoms with Crippen LogP contribution in [0.25, 0.3) is 11.0 Å². The van der Waals surface area contributed by atoms with Crippen molar-refractivity contribution in [2.45, 2.75) is 32.9 Å². The number of rotatable bonds is 5. The number of aromatic nitrogens is 2. The Balaban J connectivity index is 2.12. The fraction of sp³-hybridized carbons (Fsp3) is 0.250. The molecule has 3 aromatic rings. The highest BCUT2D eigenvalue weighted by Gasteiger charge is 2.17. The zero-order chi connectivity index (χ0) is 17.8. The summed E-state index contributed by atoms with van der Waals surface area (Å²) in [6, 6.07) is 15.0. The average molecular weight is 335 g/mol. The van der Waals surface area contributed by atoms with E-state index in [1.165, 1.54) is 0 Å². The average Bonchev–Trinajstić information content (AvgIpc) is 2.64. The number of amides is 1. The van der Waals surface area contributed by atoms with Gasteiger partial charge in [0.25, 0.3) is 11.5 Å². The van der Waals surface area contributed by atoms with Gasteiger partial charge in [-0.05, 0) is 37.1 Å². The molecule has 1 atom stereocenters. The Hall–Kier alpha value is -2.95. The molecule has 0 saturated heterocycles. The Bertz CT molecular complexity index is 948. The van der Waals surface area contributed by atoms with Crippen LogP contribution in [0.4, 0.5) is 0 Å². The fourth-order valence-electron chi connectivity index (χ4n) is 2.69. The number of nitrogens with zero attached hydrogens (tertiary/aromatic N) is 2. The molecule has 5 nitrogen and oxygen atoms in total. The van der Waals surface area contributed by atoms with Crippen molar-refractivity contribution < 1.29 is 4.79 Å². The third-order valence-electron chi connectivity index (χ3n) is 4.27. The quantitative estimate of drug-likeness (QED) is 0.779. The van der Waals surface area contributed by atoms with E-state index >= 15 is 0 Å². The van der Waals surface area contributed by atoms with E-state index in [0.29, 0.717) is 12.2 Å². The molecular weight excluding hydrogens is 314 g/mol. The lowest BCUT2D eigenvalue weighted by Gasteiger charge is -2.14. The van der Waals surface area contributed by atoms with Crippen molar-refractivity contribution in [1.29, 1.82) is 0 Å². The molecule has 0 spiro atoms. The van der Waals surface area contributed by atoms with Crippen molar-refractivity contribution in [3.05, 3.63) is 76.2 Å². The highest BCUT2D eigenvalue weighted by molar-refractivity contribution is 5.97. The zero-order valence-electron chi connectivity index (χ0n) is 14.4. The van der Waals surface area contributed by atoms with E-state index < -0.39 is 0 Å². The molecule has 25 heavy (non-hydrogen) atoms. The summed E-state index contributed by atoms with van der Waals surface area (Å²) in [6.45, 7) is 4.28. The lowest BCUT2D eigenvalue weighted by Crippen LogP contribution is -2.37. The molecule has 0 bridgehead atoms. The molecule has 5 heteroatoms. The second kappa shape index (κ2) is 7.30. The van der Waals surface area contributed by atoms with Gasteiger partial charge < -0.3 is 5.32 Å². The smallest absolute Gasteiger partial charge is 0.265 e. The van der Waals surface area contributed by atoms with Crippen molar-refractivity contribution >= 4 is 16.9 Å². The second-order valence-corrected chi connectivity index (χ2v) is 6.13.